The second-order valence-corrected chi connectivity index (χ2v) is 7.88. The van der Waals surface area contributed by atoms with Crippen LogP contribution in [0.3, 0.4) is 0 Å². The zero-order chi connectivity index (χ0) is 12.6. The van der Waals surface area contributed by atoms with Gasteiger partial charge in [-0.2, -0.15) is 0 Å². The first-order valence-electron chi connectivity index (χ1n) is 7.13. The van der Waals surface area contributed by atoms with Gasteiger partial charge in [-0.25, -0.2) is 0 Å². The molecule has 0 bridgehead atoms. The summed E-state index contributed by atoms with van der Waals surface area (Å²) in [7, 11) is 0. The van der Waals surface area contributed by atoms with Crippen molar-refractivity contribution >= 4 is 0 Å². The third kappa shape index (κ3) is 1.19. The van der Waals surface area contributed by atoms with Crippen LogP contribution >= 0.6 is 0 Å². The number of hydrogen-bond donors (Lipinski definition) is 2. The van der Waals surface area contributed by atoms with Crippen molar-refractivity contribution in [2.24, 2.45) is 28.6 Å². The molecule has 98 valence electrons. The molecule has 3 aliphatic carbocycles. The van der Waals surface area contributed by atoms with E-state index in [2.05, 4.69) is 20.8 Å². The van der Waals surface area contributed by atoms with Crippen molar-refractivity contribution in [3.8, 4) is 0 Å². The fourth-order valence-electron chi connectivity index (χ4n) is 5.57. The molecular formula is C15H26O2. The summed E-state index contributed by atoms with van der Waals surface area (Å²) in [6, 6.07) is 0. The quantitative estimate of drug-likeness (QED) is 0.681. The molecule has 0 aromatic rings. The Labute approximate surface area is 104 Å². The lowest BCUT2D eigenvalue weighted by Gasteiger charge is -2.69. The normalized spacial score (nSPS) is 60.4. The smallest absolute Gasteiger partial charge is 0.0685 e. The van der Waals surface area contributed by atoms with Crippen LogP contribution in [0.1, 0.15) is 53.4 Å². The van der Waals surface area contributed by atoms with Crippen LogP contribution in [0.15, 0.2) is 0 Å². The summed E-state index contributed by atoms with van der Waals surface area (Å²) in [6.45, 7) is 8.72. The molecule has 0 aromatic carbocycles. The first-order valence-corrected chi connectivity index (χ1v) is 7.13. The van der Waals surface area contributed by atoms with E-state index in [0.29, 0.717) is 17.8 Å². The molecule has 3 fully saturated rings. The van der Waals surface area contributed by atoms with Gasteiger partial charge in [0.2, 0.25) is 0 Å². The van der Waals surface area contributed by atoms with Crippen molar-refractivity contribution in [2.45, 2.75) is 65.1 Å². The predicted molar refractivity (Wildman–Crippen MR) is 67.5 cm³/mol. The number of rotatable bonds is 0. The van der Waals surface area contributed by atoms with Crippen LogP contribution in [0.5, 0.6) is 0 Å². The van der Waals surface area contributed by atoms with E-state index in [1.54, 1.807) is 0 Å². The van der Waals surface area contributed by atoms with Gasteiger partial charge in [-0.3, -0.25) is 0 Å². The van der Waals surface area contributed by atoms with Crippen molar-refractivity contribution in [1.82, 2.24) is 0 Å². The van der Waals surface area contributed by atoms with E-state index in [-0.39, 0.29) is 16.9 Å². The van der Waals surface area contributed by atoms with Gasteiger partial charge in [0.05, 0.1) is 11.7 Å². The second-order valence-electron chi connectivity index (χ2n) is 7.88. The van der Waals surface area contributed by atoms with Gasteiger partial charge < -0.3 is 10.2 Å². The molecule has 3 rings (SSSR count). The maximum absolute atomic E-state index is 10.7. The van der Waals surface area contributed by atoms with E-state index in [1.807, 2.05) is 6.92 Å². The van der Waals surface area contributed by atoms with E-state index < -0.39 is 5.60 Å². The summed E-state index contributed by atoms with van der Waals surface area (Å²) in [6.07, 6.45) is 3.97. The van der Waals surface area contributed by atoms with Gasteiger partial charge in [0.25, 0.3) is 0 Å². The Bertz CT molecular complexity index is 347. The Hall–Kier alpha value is -0.0800. The molecule has 1 unspecified atom stereocenters. The average Bonchev–Trinajstić information content (AvgIpc) is 2.54. The van der Waals surface area contributed by atoms with Crippen LogP contribution in [-0.4, -0.2) is 21.9 Å². The lowest BCUT2D eigenvalue weighted by molar-refractivity contribution is -0.289. The van der Waals surface area contributed by atoms with Crippen LogP contribution in [0.2, 0.25) is 0 Å². The minimum Gasteiger partial charge on any atom is -0.392 e. The summed E-state index contributed by atoms with van der Waals surface area (Å²) in [5, 5.41) is 21.2. The van der Waals surface area contributed by atoms with E-state index in [4.69, 9.17) is 0 Å². The lowest BCUT2D eigenvalue weighted by atomic mass is 9.38. The van der Waals surface area contributed by atoms with Crippen molar-refractivity contribution in [2.75, 3.05) is 0 Å². The zero-order valence-corrected chi connectivity index (χ0v) is 11.5. The molecule has 3 aliphatic rings. The molecule has 3 saturated carbocycles. The Balaban J connectivity index is 2.03. The highest BCUT2D eigenvalue weighted by Gasteiger charge is 2.73. The van der Waals surface area contributed by atoms with Gasteiger partial charge in [0, 0.05) is 5.41 Å². The zero-order valence-electron chi connectivity index (χ0n) is 11.5. The minimum absolute atomic E-state index is 0.0218. The Morgan fingerprint density at radius 2 is 1.71 bits per heavy atom. The van der Waals surface area contributed by atoms with E-state index in [0.717, 1.165) is 19.3 Å². The summed E-state index contributed by atoms with van der Waals surface area (Å²) in [4.78, 5) is 0. The highest BCUT2D eigenvalue weighted by atomic mass is 16.3. The summed E-state index contributed by atoms with van der Waals surface area (Å²) in [5.41, 5.74) is -0.486. The fraction of sp³-hybridized carbons (Fsp3) is 1.00. The standard InChI is InChI=1S/C15H26O2/c1-9-5-6-15-10(9)7-13(2,3)12(16)11(15)8-14(15,4)17/h9-12,16-17H,5-8H2,1-4H3/t9-,10+,11-,12+,14-,15?/m1/s1. The van der Waals surface area contributed by atoms with Gasteiger partial charge in [0.15, 0.2) is 0 Å². The van der Waals surface area contributed by atoms with Crippen molar-refractivity contribution in [1.29, 1.82) is 0 Å². The molecule has 2 heteroatoms. The summed E-state index contributed by atoms with van der Waals surface area (Å²) < 4.78 is 0. The Morgan fingerprint density at radius 3 is 2.29 bits per heavy atom. The Morgan fingerprint density at radius 1 is 1.06 bits per heavy atom. The molecule has 6 atom stereocenters. The first-order chi connectivity index (χ1) is 7.72. The van der Waals surface area contributed by atoms with Crippen LogP contribution in [-0.2, 0) is 0 Å². The van der Waals surface area contributed by atoms with Crippen LogP contribution in [0.25, 0.3) is 0 Å². The van der Waals surface area contributed by atoms with E-state index in [9.17, 15) is 10.2 Å². The third-order valence-corrected chi connectivity index (χ3v) is 6.57. The number of aliphatic hydroxyl groups is 2. The highest BCUT2D eigenvalue weighted by Crippen LogP contribution is 2.73. The maximum atomic E-state index is 10.7. The molecule has 2 nitrogen and oxygen atoms in total. The molecule has 1 spiro atoms. The van der Waals surface area contributed by atoms with Crippen LogP contribution in [0.4, 0.5) is 0 Å². The van der Waals surface area contributed by atoms with Gasteiger partial charge >= 0.3 is 0 Å². The van der Waals surface area contributed by atoms with Gasteiger partial charge in [-0.05, 0) is 55.8 Å². The summed E-state index contributed by atoms with van der Waals surface area (Å²) >= 11 is 0. The molecule has 0 amide bonds. The predicted octanol–water partition coefficient (Wildman–Crippen LogP) is 2.58. The average molecular weight is 238 g/mol. The van der Waals surface area contributed by atoms with E-state index >= 15 is 0 Å². The van der Waals surface area contributed by atoms with Gasteiger partial charge in [-0.1, -0.05) is 20.8 Å². The largest absolute Gasteiger partial charge is 0.392 e. The number of hydrogen-bond acceptors (Lipinski definition) is 2. The molecule has 0 radical (unpaired) electrons. The monoisotopic (exact) mass is 238 g/mol. The topological polar surface area (TPSA) is 40.5 Å². The molecular weight excluding hydrogens is 212 g/mol. The summed E-state index contributed by atoms with van der Waals surface area (Å²) in [5.74, 6) is 1.64. The molecule has 17 heavy (non-hydrogen) atoms. The van der Waals surface area contributed by atoms with Crippen molar-refractivity contribution in [3.63, 3.8) is 0 Å². The van der Waals surface area contributed by atoms with Gasteiger partial charge in [0.1, 0.15) is 0 Å². The Kier molecular flexibility index (Phi) is 2.17. The molecule has 0 saturated heterocycles. The third-order valence-electron chi connectivity index (χ3n) is 6.57. The van der Waals surface area contributed by atoms with E-state index in [1.165, 1.54) is 6.42 Å². The SMILES string of the molecule is C[C@@H]1CCC23[C@H](C[C@@]2(C)O)[C@H](O)C(C)(C)C[C@@H]13. The number of aliphatic hydroxyl groups excluding tert-OH is 1. The first kappa shape index (κ1) is 12.0. The van der Waals surface area contributed by atoms with Gasteiger partial charge in [-0.15, -0.1) is 0 Å². The van der Waals surface area contributed by atoms with Crippen molar-refractivity contribution < 1.29 is 10.2 Å². The molecule has 0 aliphatic heterocycles. The van der Waals surface area contributed by atoms with Crippen LogP contribution < -0.4 is 0 Å². The van der Waals surface area contributed by atoms with Crippen molar-refractivity contribution in [3.05, 3.63) is 0 Å². The highest BCUT2D eigenvalue weighted by molar-refractivity contribution is 5.22. The molecule has 0 aromatic heterocycles. The van der Waals surface area contributed by atoms with Crippen LogP contribution in [0, 0.1) is 28.6 Å². The lowest BCUT2D eigenvalue weighted by Crippen LogP contribution is -2.71. The molecule has 0 heterocycles. The second kappa shape index (κ2) is 3.08. The molecule has 2 N–H and O–H groups in total. The fourth-order valence-corrected chi connectivity index (χ4v) is 5.57. The minimum atomic E-state index is -0.537. The maximum Gasteiger partial charge on any atom is 0.0685 e.